The maximum Gasteiger partial charge on any atom is 0.349 e. The summed E-state index contributed by atoms with van der Waals surface area (Å²) >= 11 is 6.68. The van der Waals surface area contributed by atoms with Crippen LogP contribution in [0, 0.1) is 6.92 Å². The molecule has 0 aliphatic heterocycles. The SMILES string of the molecule is C=C(Cl)COc1cc(C)sc1C(=O)O. The largest absolute Gasteiger partial charge is 0.486 e. The second-order valence-corrected chi connectivity index (χ2v) is 4.45. The Morgan fingerprint density at radius 1 is 1.79 bits per heavy atom. The minimum atomic E-state index is -0.988. The van der Waals surface area contributed by atoms with E-state index < -0.39 is 5.97 Å². The predicted octanol–water partition coefficient (Wildman–Crippen LogP) is 2.89. The number of rotatable bonds is 4. The monoisotopic (exact) mass is 232 g/mol. The van der Waals surface area contributed by atoms with Gasteiger partial charge in [-0.05, 0) is 13.0 Å². The van der Waals surface area contributed by atoms with E-state index in [0.29, 0.717) is 10.8 Å². The lowest BCUT2D eigenvalue weighted by Gasteiger charge is -2.02. The summed E-state index contributed by atoms with van der Waals surface area (Å²) in [5.74, 6) is -0.639. The van der Waals surface area contributed by atoms with E-state index in [-0.39, 0.29) is 11.5 Å². The molecular formula is C9H9ClO3S. The molecule has 0 saturated heterocycles. The van der Waals surface area contributed by atoms with Crippen LogP contribution < -0.4 is 4.74 Å². The van der Waals surface area contributed by atoms with Gasteiger partial charge in [-0.1, -0.05) is 18.2 Å². The number of carbonyl (C=O) groups is 1. The van der Waals surface area contributed by atoms with Crippen LogP contribution in [0.1, 0.15) is 14.5 Å². The molecule has 1 heterocycles. The summed E-state index contributed by atoms with van der Waals surface area (Å²) < 4.78 is 5.18. The van der Waals surface area contributed by atoms with Gasteiger partial charge < -0.3 is 9.84 Å². The summed E-state index contributed by atoms with van der Waals surface area (Å²) in [4.78, 5) is 11.8. The maximum atomic E-state index is 10.8. The zero-order chi connectivity index (χ0) is 10.7. The molecule has 1 N–H and O–H groups in total. The highest BCUT2D eigenvalue weighted by atomic mass is 35.5. The zero-order valence-corrected chi connectivity index (χ0v) is 9.11. The third-order valence-corrected chi connectivity index (χ3v) is 2.53. The molecule has 3 nitrogen and oxygen atoms in total. The van der Waals surface area contributed by atoms with Crippen molar-refractivity contribution >= 4 is 28.9 Å². The summed E-state index contributed by atoms with van der Waals surface area (Å²) in [6.45, 7) is 5.39. The molecule has 0 radical (unpaired) electrons. The van der Waals surface area contributed by atoms with Gasteiger partial charge in [-0.2, -0.15) is 0 Å². The Morgan fingerprint density at radius 3 is 2.93 bits per heavy atom. The van der Waals surface area contributed by atoms with Crippen molar-refractivity contribution in [2.75, 3.05) is 6.61 Å². The number of carboxylic acids is 1. The van der Waals surface area contributed by atoms with Gasteiger partial charge in [-0.15, -0.1) is 11.3 Å². The zero-order valence-electron chi connectivity index (χ0n) is 7.54. The molecule has 0 amide bonds. The molecular weight excluding hydrogens is 224 g/mol. The molecule has 0 unspecified atom stereocenters. The second kappa shape index (κ2) is 4.48. The van der Waals surface area contributed by atoms with E-state index in [0.717, 1.165) is 4.88 Å². The third kappa shape index (κ3) is 2.75. The molecule has 14 heavy (non-hydrogen) atoms. The molecule has 0 atom stereocenters. The summed E-state index contributed by atoms with van der Waals surface area (Å²) in [7, 11) is 0. The molecule has 0 saturated carbocycles. The number of halogens is 1. The highest BCUT2D eigenvalue weighted by molar-refractivity contribution is 7.14. The van der Waals surface area contributed by atoms with Crippen molar-refractivity contribution in [1.82, 2.24) is 0 Å². The van der Waals surface area contributed by atoms with Crippen LogP contribution in [0.2, 0.25) is 0 Å². The quantitative estimate of drug-likeness (QED) is 0.868. The molecule has 1 aromatic heterocycles. The molecule has 0 aliphatic carbocycles. The number of carboxylic acid groups (broad SMARTS) is 1. The molecule has 0 bridgehead atoms. The van der Waals surface area contributed by atoms with Gasteiger partial charge in [0.05, 0.1) is 0 Å². The van der Waals surface area contributed by atoms with Crippen molar-refractivity contribution in [2.45, 2.75) is 6.92 Å². The molecule has 1 aromatic rings. The van der Waals surface area contributed by atoms with Gasteiger partial charge in [0.1, 0.15) is 12.4 Å². The number of aryl methyl sites for hydroxylation is 1. The van der Waals surface area contributed by atoms with Crippen LogP contribution in [-0.4, -0.2) is 17.7 Å². The first-order chi connectivity index (χ1) is 6.50. The van der Waals surface area contributed by atoms with Crippen LogP contribution in [0.5, 0.6) is 5.75 Å². The van der Waals surface area contributed by atoms with Gasteiger partial charge in [-0.3, -0.25) is 0 Å². The minimum absolute atomic E-state index is 0.123. The van der Waals surface area contributed by atoms with Gasteiger partial charge in [0.2, 0.25) is 0 Å². The van der Waals surface area contributed by atoms with E-state index in [1.54, 1.807) is 6.07 Å². The number of ether oxygens (including phenoxy) is 1. The first-order valence-electron chi connectivity index (χ1n) is 3.80. The smallest absolute Gasteiger partial charge is 0.349 e. The third-order valence-electron chi connectivity index (χ3n) is 1.40. The Bertz CT molecular complexity index is 370. The molecule has 1 rings (SSSR count). The van der Waals surface area contributed by atoms with Crippen LogP contribution in [0.25, 0.3) is 0 Å². The van der Waals surface area contributed by atoms with Crippen molar-refractivity contribution in [2.24, 2.45) is 0 Å². The molecule has 0 aromatic carbocycles. The normalized spacial score (nSPS) is 9.86. The molecule has 0 spiro atoms. The van der Waals surface area contributed by atoms with Gasteiger partial charge in [-0.25, -0.2) is 4.79 Å². The van der Waals surface area contributed by atoms with Crippen LogP contribution in [0.3, 0.4) is 0 Å². The van der Waals surface area contributed by atoms with E-state index in [1.165, 1.54) is 11.3 Å². The van der Waals surface area contributed by atoms with E-state index in [2.05, 4.69) is 6.58 Å². The Hall–Kier alpha value is -1.00. The molecule has 5 heteroatoms. The lowest BCUT2D eigenvalue weighted by atomic mass is 10.4. The van der Waals surface area contributed by atoms with Gasteiger partial charge in [0.25, 0.3) is 0 Å². The Balaban J connectivity index is 2.84. The van der Waals surface area contributed by atoms with Crippen molar-refractivity contribution in [3.63, 3.8) is 0 Å². The van der Waals surface area contributed by atoms with Gasteiger partial charge >= 0.3 is 5.97 Å². The average Bonchev–Trinajstić information content (AvgIpc) is 2.43. The Labute approximate surface area is 90.6 Å². The standard InChI is InChI=1S/C9H9ClO3S/c1-5(10)4-13-7-3-6(2)14-8(7)9(11)12/h3H,1,4H2,2H3,(H,11,12). The highest BCUT2D eigenvalue weighted by Crippen LogP contribution is 2.29. The fourth-order valence-electron chi connectivity index (χ4n) is 0.903. The number of hydrogen-bond donors (Lipinski definition) is 1. The summed E-state index contributed by atoms with van der Waals surface area (Å²) in [6.07, 6.45) is 0. The van der Waals surface area contributed by atoms with E-state index in [1.807, 2.05) is 6.92 Å². The van der Waals surface area contributed by atoms with Crippen molar-refractivity contribution in [3.05, 3.63) is 27.4 Å². The first-order valence-corrected chi connectivity index (χ1v) is 5.00. The second-order valence-electron chi connectivity index (χ2n) is 2.66. The molecule has 76 valence electrons. The van der Waals surface area contributed by atoms with Gasteiger partial charge in [0, 0.05) is 9.91 Å². The number of aromatic carboxylic acids is 1. The van der Waals surface area contributed by atoms with Crippen LogP contribution >= 0.6 is 22.9 Å². The first kappa shape index (κ1) is 11.1. The minimum Gasteiger partial charge on any atom is -0.486 e. The lowest BCUT2D eigenvalue weighted by Crippen LogP contribution is -2.00. The molecule has 0 aliphatic rings. The van der Waals surface area contributed by atoms with Crippen molar-refractivity contribution in [3.8, 4) is 5.75 Å². The number of hydrogen-bond acceptors (Lipinski definition) is 3. The van der Waals surface area contributed by atoms with Crippen molar-refractivity contribution < 1.29 is 14.6 Å². The van der Waals surface area contributed by atoms with Crippen LogP contribution in [0.4, 0.5) is 0 Å². The number of thiophene rings is 1. The average molecular weight is 233 g/mol. The highest BCUT2D eigenvalue weighted by Gasteiger charge is 2.15. The summed E-state index contributed by atoms with van der Waals surface area (Å²) in [5, 5.41) is 9.16. The predicted molar refractivity (Wildman–Crippen MR) is 56.5 cm³/mol. The van der Waals surface area contributed by atoms with Crippen LogP contribution in [0.15, 0.2) is 17.7 Å². The van der Waals surface area contributed by atoms with E-state index in [4.69, 9.17) is 21.4 Å². The topological polar surface area (TPSA) is 46.5 Å². The maximum absolute atomic E-state index is 10.8. The molecule has 0 fully saturated rings. The Morgan fingerprint density at radius 2 is 2.43 bits per heavy atom. The Kier molecular flexibility index (Phi) is 3.55. The fraction of sp³-hybridized carbons (Fsp3) is 0.222. The van der Waals surface area contributed by atoms with Crippen LogP contribution in [-0.2, 0) is 0 Å². The van der Waals surface area contributed by atoms with Crippen molar-refractivity contribution in [1.29, 1.82) is 0 Å². The summed E-state index contributed by atoms with van der Waals surface area (Å²) in [6, 6.07) is 1.67. The lowest BCUT2D eigenvalue weighted by molar-refractivity contribution is 0.0698. The summed E-state index contributed by atoms with van der Waals surface area (Å²) in [5.41, 5.74) is 0. The van der Waals surface area contributed by atoms with E-state index >= 15 is 0 Å². The van der Waals surface area contributed by atoms with Gasteiger partial charge in [0.15, 0.2) is 4.88 Å². The fourth-order valence-corrected chi connectivity index (χ4v) is 1.75. The van der Waals surface area contributed by atoms with E-state index in [9.17, 15) is 4.79 Å².